The zero-order valence-electron chi connectivity index (χ0n) is 11.4. The Morgan fingerprint density at radius 2 is 1.95 bits per heavy atom. The number of nitrogens with zero attached hydrogens (tertiary/aromatic N) is 2. The van der Waals surface area contributed by atoms with Crippen molar-refractivity contribution in [3.8, 4) is 0 Å². The van der Waals surface area contributed by atoms with Crippen molar-refractivity contribution in [2.75, 3.05) is 5.32 Å². The molecule has 0 unspecified atom stereocenters. The smallest absolute Gasteiger partial charge is 0.275 e. The Labute approximate surface area is 117 Å². The fourth-order valence-electron chi connectivity index (χ4n) is 2.11. The maximum Gasteiger partial charge on any atom is 0.275 e. The molecule has 4 nitrogen and oxygen atoms in total. The van der Waals surface area contributed by atoms with Crippen LogP contribution < -0.4 is 5.32 Å². The third-order valence-corrected chi connectivity index (χ3v) is 3.12. The summed E-state index contributed by atoms with van der Waals surface area (Å²) in [5, 5.41) is 2.86. The molecule has 4 heteroatoms. The zero-order chi connectivity index (χ0) is 14.1. The number of benzene rings is 1. The van der Waals surface area contributed by atoms with Gasteiger partial charge in [0.15, 0.2) is 0 Å². The Kier molecular flexibility index (Phi) is 2.99. The number of nitrogens with one attached hydrogen (secondary N) is 1. The number of aromatic nitrogens is 2. The number of hydrogen-bond acceptors (Lipinski definition) is 2. The van der Waals surface area contributed by atoms with Crippen molar-refractivity contribution in [3.05, 3.63) is 65.6 Å². The minimum atomic E-state index is -0.197. The van der Waals surface area contributed by atoms with Gasteiger partial charge in [-0.3, -0.25) is 4.79 Å². The van der Waals surface area contributed by atoms with Crippen LogP contribution in [0.2, 0.25) is 0 Å². The number of hydrogen-bond donors (Lipinski definition) is 1. The highest BCUT2D eigenvalue weighted by atomic mass is 16.1. The van der Waals surface area contributed by atoms with E-state index in [0.717, 1.165) is 22.5 Å². The van der Waals surface area contributed by atoms with Gasteiger partial charge in [-0.1, -0.05) is 12.1 Å². The van der Waals surface area contributed by atoms with Crippen LogP contribution in [0.4, 0.5) is 5.69 Å². The molecule has 100 valence electrons. The SMILES string of the molecule is Cc1cccc(NC(=O)c2cn3ccc(C)cc3n2)c1. The van der Waals surface area contributed by atoms with E-state index in [2.05, 4.69) is 10.3 Å². The maximum atomic E-state index is 12.2. The number of amides is 1. The summed E-state index contributed by atoms with van der Waals surface area (Å²) in [6.45, 7) is 3.99. The number of pyridine rings is 1. The van der Waals surface area contributed by atoms with E-state index in [1.807, 2.05) is 60.8 Å². The number of carbonyl (C=O) groups is 1. The van der Waals surface area contributed by atoms with Gasteiger partial charge >= 0.3 is 0 Å². The van der Waals surface area contributed by atoms with Gasteiger partial charge in [0, 0.05) is 18.1 Å². The summed E-state index contributed by atoms with van der Waals surface area (Å²) < 4.78 is 1.85. The van der Waals surface area contributed by atoms with Crippen LogP contribution in [0.1, 0.15) is 21.6 Å². The summed E-state index contributed by atoms with van der Waals surface area (Å²) in [6, 6.07) is 11.6. The molecule has 0 saturated heterocycles. The second-order valence-electron chi connectivity index (χ2n) is 4.92. The first-order valence-electron chi connectivity index (χ1n) is 6.45. The van der Waals surface area contributed by atoms with E-state index < -0.39 is 0 Å². The average Bonchev–Trinajstić information content (AvgIpc) is 2.81. The zero-order valence-corrected chi connectivity index (χ0v) is 11.4. The van der Waals surface area contributed by atoms with Crippen molar-refractivity contribution >= 4 is 17.2 Å². The van der Waals surface area contributed by atoms with Gasteiger partial charge in [0.1, 0.15) is 11.3 Å². The lowest BCUT2D eigenvalue weighted by molar-refractivity contribution is 0.102. The molecule has 2 heterocycles. The van der Waals surface area contributed by atoms with Crippen molar-refractivity contribution in [3.63, 3.8) is 0 Å². The minimum absolute atomic E-state index is 0.197. The van der Waals surface area contributed by atoms with E-state index in [1.165, 1.54) is 0 Å². The van der Waals surface area contributed by atoms with Gasteiger partial charge in [-0.25, -0.2) is 4.98 Å². The second kappa shape index (κ2) is 4.81. The van der Waals surface area contributed by atoms with Gasteiger partial charge in [0.2, 0.25) is 0 Å². The van der Waals surface area contributed by atoms with E-state index in [0.29, 0.717) is 5.69 Å². The molecule has 0 aliphatic carbocycles. The van der Waals surface area contributed by atoms with Crippen LogP contribution in [-0.2, 0) is 0 Å². The highest BCUT2D eigenvalue weighted by Crippen LogP contribution is 2.12. The molecule has 20 heavy (non-hydrogen) atoms. The van der Waals surface area contributed by atoms with E-state index >= 15 is 0 Å². The summed E-state index contributed by atoms with van der Waals surface area (Å²) >= 11 is 0. The number of anilines is 1. The Bertz CT molecular complexity index is 789. The molecule has 0 atom stereocenters. The van der Waals surface area contributed by atoms with E-state index in [9.17, 15) is 4.79 Å². The molecule has 1 N–H and O–H groups in total. The highest BCUT2D eigenvalue weighted by molar-refractivity contribution is 6.03. The van der Waals surface area contributed by atoms with Gasteiger partial charge in [-0.05, 0) is 49.2 Å². The predicted molar refractivity (Wildman–Crippen MR) is 79.1 cm³/mol. The molecule has 0 fully saturated rings. The number of carbonyl (C=O) groups excluding carboxylic acids is 1. The van der Waals surface area contributed by atoms with E-state index in [4.69, 9.17) is 0 Å². The molecule has 3 rings (SSSR count). The quantitative estimate of drug-likeness (QED) is 0.773. The lowest BCUT2D eigenvalue weighted by Gasteiger charge is -2.03. The minimum Gasteiger partial charge on any atom is -0.321 e. The third kappa shape index (κ3) is 2.40. The monoisotopic (exact) mass is 265 g/mol. The van der Waals surface area contributed by atoms with Crippen molar-refractivity contribution in [2.45, 2.75) is 13.8 Å². The number of fused-ring (bicyclic) bond motifs is 1. The summed E-state index contributed by atoms with van der Waals surface area (Å²) in [5.74, 6) is -0.197. The van der Waals surface area contributed by atoms with Crippen molar-refractivity contribution < 1.29 is 4.79 Å². The molecular weight excluding hydrogens is 250 g/mol. The van der Waals surface area contributed by atoms with Crippen LogP contribution in [0, 0.1) is 13.8 Å². The first-order valence-corrected chi connectivity index (χ1v) is 6.45. The first kappa shape index (κ1) is 12.4. The van der Waals surface area contributed by atoms with Crippen LogP contribution in [0.15, 0.2) is 48.8 Å². The molecule has 0 saturated carbocycles. The van der Waals surface area contributed by atoms with Crippen LogP contribution in [0.3, 0.4) is 0 Å². The third-order valence-electron chi connectivity index (χ3n) is 3.12. The van der Waals surface area contributed by atoms with E-state index in [1.54, 1.807) is 6.20 Å². The number of rotatable bonds is 2. The molecule has 0 aliphatic rings. The summed E-state index contributed by atoms with van der Waals surface area (Å²) in [7, 11) is 0. The molecule has 1 amide bonds. The normalized spacial score (nSPS) is 10.7. The maximum absolute atomic E-state index is 12.2. The Morgan fingerprint density at radius 1 is 1.15 bits per heavy atom. The Morgan fingerprint density at radius 3 is 2.75 bits per heavy atom. The Balaban J connectivity index is 1.88. The first-order chi connectivity index (χ1) is 9.61. The van der Waals surface area contributed by atoms with E-state index in [-0.39, 0.29) is 5.91 Å². The molecule has 0 spiro atoms. The number of imidazole rings is 1. The van der Waals surface area contributed by atoms with Gasteiger partial charge in [-0.2, -0.15) is 0 Å². The largest absolute Gasteiger partial charge is 0.321 e. The molecule has 0 radical (unpaired) electrons. The van der Waals surface area contributed by atoms with Gasteiger partial charge in [0.25, 0.3) is 5.91 Å². The van der Waals surface area contributed by atoms with Gasteiger partial charge in [-0.15, -0.1) is 0 Å². The van der Waals surface area contributed by atoms with Crippen LogP contribution in [0.5, 0.6) is 0 Å². The van der Waals surface area contributed by atoms with Crippen LogP contribution in [0.25, 0.3) is 5.65 Å². The molecular formula is C16H15N3O. The van der Waals surface area contributed by atoms with Crippen molar-refractivity contribution in [1.29, 1.82) is 0 Å². The van der Waals surface area contributed by atoms with Crippen molar-refractivity contribution in [1.82, 2.24) is 9.38 Å². The standard InChI is InChI=1S/C16H15N3O/c1-11-4-3-5-13(8-11)17-16(20)14-10-19-7-6-12(2)9-15(19)18-14/h3-10H,1-2H3,(H,17,20). The predicted octanol–water partition coefficient (Wildman–Crippen LogP) is 3.20. The topological polar surface area (TPSA) is 46.4 Å². The molecule has 2 aromatic heterocycles. The Hall–Kier alpha value is -2.62. The second-order valence-corrected chi connectivity index (χ2v) is 4.92. The summed E-state index contributed by atoms with van der Waals surface area (Å²) in [4.78, 5) is 16.5. The summed E-state index contributed by atoms with van der Waals surface area (Å²) in [6.07, 6.45) is 3.64. The fourth-order valence-corrected chi connectivity index (χ4v) is 2.11. The summed E-state index contributed by atoms with van der Waals surface area (Å²) in [5.41, 5.74) is 4.20. The molecule has 0 aliphatic heterocycles. The van der Waals surface area contributed by atoms with Crippen LogP contribution >= 0.6 is 0 Å². The lowest BCUT2D eigenvalue weighted by Crippen LogP contribution is -2.12. The van der Waals surface area contributed by atoms with Gasteiger partial charge < -0.3 is 9.72 Å². The highest BCUT2D eigenvalue weighted by Gasteiger charge is 2.11. The molecule has 3 aromatic rings. The fraction of sp³-hybridized carbons (Fsp3) is 0.125. The molecule has 0 bridgehead atoms. The van der Waals surface area contributed by atoms with Crippen molar-refractivity contribution in [2.24, 2.45) is 0 Å². The number of aryl methyl sites for hydroxylation is 2. The molecule has 1 aromatic carbocycles. The van der Waals surface area contributed by atoms with Crippen LogP contribution in [-0.4, -0.2) is 15.3 Å². The lowest BCUT2D eigenvalue weighted by atomic mass is 10.2. The van der Waals surface area contributed by atoms with Gasteiger partial charge in [0.05, 0.1) is 0 Å². The average molecular weight is 265 g/mol.